The number of nitrogens with zero attached hydrogens (tertiary/aromatic N) is 1. The van der Waals surface area contributed by atoms with Crippen molar-refractivity contribution < 1.29 is 24.2 Å². The number of rotatable bonds is 3. The average molecular weight is 293 g/mol. The van der Waals surface area contributed by atoms with Gasteiger partial charge in [0.05, 0.1) is 20.3 Å². The molecule has 6 nitrogen and oxygen atoms in total. The lowest BCUT2D eigenvalue weighted by Crippen LogP contribution is -2.48. The summed E-state index contributed by atoms with van der Waals surface area (Å²) >= 11 is 0. The Hall–Kier alpha value is -2.08. The number of carboxylic acid groups (broad SMARTS) is 1. The third-order valence-corrected chi connectivity index (χ3v) is 3.54. The van der Waals surface area contributed by atoms with E-state index < -0.39 is 12.1 Å². The maximum Gasteiger partial charge on any atom is 0.334 e. The maximum absolute atomic E-state index is 12.5. The van der Waals surface area contributed by atoms with Gasteiger partial charge >= 0.3 is 5.97 Å². The van der Waals surface area contributed by atoms with Crippen molar-refractivity contribution in [3.8, 4) is 5.75 Å². The maximum atomic E-state index is 12.5. The van der Waals surface area contributed by atoms with Gasteiger partial charge in [-0.25, -0.2) is 4.79 Å². The summed E-state index contributed by atoms with van der Waals surface area (Å²) in [6.45, 7) is 4.45. The lowest BCUT2D eigenvalue weighted by molar-refractivity contribution is -0.154. The van der Waals surface area contributed by atoms with Crippen LogP contribution in [0.2, 0.25) is 0 Å². The number of methoxy groups -OCH3 is 1. The minimum atomic E-state index is -1.05. The largest absolute Gasteiger partial charge is 0.496 e. The summed E-state index contributed by atoms with van der Waals surface area (Å²) in [6, 6.07) is 3.53. The van der Waals surface area contributed by atoms with E-state index in [1.54, 1.807) is 19.2 Å². The molecular weight excluding hydrogens is 274 g/mol. The molecule has 0 spiro atoms. The van der Waals surface area contributed by atoms with Gasteiger partial charge in [-0.2, -0.15) is 0 Å². The van der Waals surface area contributed by atoms with Crippen molar-refractivity contribution >= 4 is 11.9 Å². The van der Waals surface area contributed by atoms with E-state index in [2.05, 4.69) is 0 Å². The van der Waals surface area contributed by atoms with E-state index in [0.29, 0.717) is 12.1 Å². The predicted molar refractivity (Wildman–Crippen MR) is 75.7 cm³/mol. The number of hydrogen-bond acceptors (Lipinski definition) is 4. The number of aryl methyl sites for hydroxylation is 2. The molecule has 1 heterocycles. The molecule has 0 saturated carbocycles. The Morgan fingerprint density at radius 2 is 1.95 bits per heavy atom. The molecule has 1 aliphatic heterocycles. The normalized spacial score (nSPS) is 18.4. The second kappa shape index (κ2) is 6.13. The Bertz CT molecular complexity index is 546. The van der Waals surface area contributed by atoms with E-state index in [1.165, 1.54) is 4.90 Å². The van der Waals surface area contributed by atoms with Crippen molar-refractivity contribution in [3.05, 3.63) is 28.8 Å². The van der Waals surface area contributed by atoms with Crippen molar-refractivity contribution in [1.82, 2.24) is 4.90 Å². The van der Waals surface area contributed by atoms with Crippen LogP contribution in [0, 0.1) is 13.8 Å². The van der Waals surface area contributed by atoms with E-state index in [-0.39, 0.29) is 19.1 Å². The first-order valence-corrected chi connectivity index (χ1v) is 6.73. The van der Waals surface area contributed by atoms with Gasteiger partial charge in [-0.15, -0.1) is 0 Å². The fraction of sp³-hybridized carbons (Fsp3) is 0.467. The Morgan fingerprint density at radius 3 is 2.48 bits per heavy atom. The Labute approximate surface area is 123 Å². The fourth-order valence-electron chi connectivity index (χ4n) is 2.56. The highest BCUT2D eigenvalue weighted by Crippen LogP contribution is 2.25. The minimum absolute atomic E-state index is 0.0677. The van der Waals surface area contributed by atoms with Crippen LogP contribution in [0.5, 0.6) is 5.75 Å². The number of ether oxygens (including phenoxy) is 2. The van der Waals surface area contributed by atoms with Gasteiger partial charge in [-0.3, -0.25) is 4.79 Å². The van der Waals surface area contributed by atoms with Crippen LogP contribution in [0.4, 0.5) is 0 Å². The third-order valence-electron chi connectivity index (χ3n) is 3.54. The van der Waals surface area contributed by atoms with Crippen LogP contribution in [-0.4, -0.2) is 54.8 Å². The minimum Gasteiger partial charge on any atom is -0.496 e. The summed E-state index contributed by atoms with van der Waals surface area (Å²) in [6.07, 6.45) is -0.955. The van der Waals surface area contributed by atoms with Crippen molar-refractivity contribution in [2.75, 3.05) is 26.8 Å². The molecule has 1 aliphatic rings. The van der Waals surface area contributed by atoms with Gasteiger partial charge in [0, 0.05) is 12.1 Å². The highest BCUT2D eigenvalue weighted by atomic mass is 16.5. The highest BCUT2D eigenvalue weighted by molar-refractivity contribution is 5.95. The molecule has 0 aromatic heterocycles. The second-order valence-corrected chi connectivity index (χ2v) is 5.09. The molecule has 2 rings (SSSR count). The molecule has 0 radical (unpaired) electrons. The molecule has 114 valence electrons. The van der Waals surface area contributed by atoms with E-state index >= 15 is 0 Å². The number of hydrogen-bond donors (Lipinski definition) is 1. The molecule has 1 aromatic carbocycles. The van der Waals surface area contributed by atoms with Crippen LogP contribution >= 0.6 is 0 Å². The molecule has 1 aromatic rings. The van der Waals surface area contributed by atoms with Gasteiger partial charge < -0.3 is 19.5 Å². The zero-order valence-corrected chi connectivity index (χ0v) is 12.4. The summed E-state index contributed by atoms with van der Waals surface area (Å²) in [4.78, 5) is 25.0. The summed E-state index contributed by atoms with van der Waals surface area (Å²) in [5.41, 5.74) is 2.30. The number of carboxylic acids is 1. The first kappa shape index (κ1) is 15.3. The van der Waals surface area contributed by atoms with Gasteiger partial charge in [0.1, 0.15) is 5.75 Å². The van der Waals surface area contributed by atoms with Gasteiger partial charge in [-0.1, -0.05) is 0 Å². The molecule has 1 saturated heterocycles. The third kappa shape index (κ3) is 3.16. The van der Waals surface area contributed by atoms with Gasteiger partial charge in [0.2, 0.25) is 0 Å². The van der Waals surface area contributed by atoms with Crippen LogP contribution < -0.4 is 4.74 Å². The zero-order chi connectivity index (χ0) is 15.6. The zero-order valence-electron chi connectivity index (χ0n) is 12.4. The molecule has 21 heavy (non-hydrogen) atoms. The van der Waals surface area contributed by atoms with Crippen LogP contribution in [-0.2, 0) is 9.53 Å². The van der Waals surface area contributed by atoms with Gasteiger partial charge in [0.25, 0.3) is 5.91 Å². The summed E-state index contributed by atoms with van der Waals surface area (Å²) in [5, 5.41) is 8.99. The Kier molecular flexibility index (Phi) is 4.47. The number of benzene rings is 1. The highest BCUT2D eigenvalue weighted by Gasteiger charge is 2.29. The standard InChI is InChI=1S/C15H19NO5/c1-9-6-11(7-10(2)13(9)20-3)14(17)16-4-5-21-12(8-16)15(18)19/h6-7,12H,4-5,8H2,1-3H3,(H,18,19)/t12-/m0/s1. The number of carbonyl (C=O) groups excluding carboxylic acids is 1. The first-order chi connectivity index (χ1) is 9.93. The van der Waals surface area contributed by atoms with Crippen molar-refractivity contribution in [2.45, 2.75) is 20.0 Å². The lowest BCUT2D eigenvalue weighted by atomic mass is 10.0. The SMILES string of the molecule is COc1c(C)cc(C(=O)N2CCO[C@H](C(=O)O)C2)cc1C. The molecule has 1 atom stereocenters. The molecule has 0 bridgehead atoms. The monoisotopic (exact) mass is 293 g/mol. The number of amides is 1. The van der Waals surface area contributed by atoms with Crippen LogP contribution in [0.1, 0.15) is 21.5 Å². The number of morpholine rings is 1. The smallest absolute Gasteiger partial charge is 0.334 e. The van der Waals surface area contributed by atoms with Crippen LogP contribution in [0.3, 0.4) is 0 Å². The molecule has 0 aliphatic carbocycles. The summed E-state index contributed by atoms with van der Waals surface area (Å²) < 4.78 is 10.4. The van der Waals surface area contributed by atoms with Crippen molar-refractivity contribution in [3.63, 3.8) is 0 Å². The molecule has 1 amide bonds. The topological polar surface area (TPSA) is 76.1 Å². The van der Waals surface area contributed by atoms with Crippen molar-refractivity contribution in [1.29, 1.82) is 0 Å². The summed E-state index contributed by atoms with van der Waals surface area (Å²) in [7, 11) is 1.59. The average Bonchev–Trinajstić information content (AvgIpc) is 2.46. The molecule has 1 fully saturated rings. The molecule has 1 N–H and O–H groups in total. The van der Waals surface area contributed by atoms with E-state index in [4.69, 9.17) is 14.6 Å². The summed E-state index contributed by atoms with van der Waals surface area (Å²) in [5.74, 6) is -0.468. The van der Waals surface area contributed by atoms with Crippen molar-refractivity contribution in [2.24, 2.45) is 0 Å². The first-order valence-electron chi connectivity index (χ1n) is 6.73. The fourth-order valence-corrected chi connectivity index (χ4v) is 2.56. The number of carbonyl (C=O) groups is 2. The lowest BCUT2D eigenvalue weighted by Gasteiger charge is -2.31. The number of aliphatic carboxylic acids is 1. The molecule has 0 unspecified atom stereocenters. The van der Waals surface area contributed by atoms with E-state index in [1.807, 2.05) is 13.8 Å². The van der Waals surface area contributed by atoms with Gasteiger partial charge in [-0.05, 0) is 37.1 Å². The van der Waals surface area contributed by atoms with Crippen LogP contribution in [0.25, 0.3) is 0 Å². The predicted octanol–water partition coefficient (Wildman–Crippen LogP) is 1.24. The van der Waals surface area contributed by atoms with E-state index in [9.17, 15) is 9.59 Å². The Morgan fingerprint density at radius 1 is 1.33 bits per heavy atom. The van der Waals surface area contributed by atoms with E-state index in [0.717, 1.165) is 16.9 Å². The van der Waals surface area contributed by atoms with Gasteiger partial charge in [0.15, 0.2) is 6.10 Å². The molecular formula is C15H19NO5. The quantitative estimate of drug-likeness (QED) is 0.907. The second-order valence-electron chi connectivity index (χ2n) is 5.09. The van der Waals surface area contributed by atoms with Crippen LogP contribution in [0.15, 0.2) is 12.1 Å². The molecule has 6 heteroatoms. The Balaban J connectivity index is 2.22.